The third kappa shape index (κ3) is 2.03. The largest absolute Gasteiger partial charge is 0.462 e. The Kier molecular flexibility index (Phi) is 2.68. The average Bonchev–Trinajstić information content (AvgIpc) is 2.95. The molecule has 2 aromatic heterocycles. The van der Waals surface area contributed by atoms with Gasteiger partial charge in [0.15, 0.2) is 0 Å². The van der Waals surface area contributed by atoms with Crippen molar-refractivity contribution in [2.45, 2.75) is 0 Å². The number of benzene rings is 1. The molecule has 0 radical (unpaired) electrons. The van der Waals surface area contributed by atoms with Crippen molar-refractivity contribution in [3.8, 4) is 11.4 Å². The molecule has 0 aliphatic carbocycles. The Hall–Kier alpha value is -2.76. The first-order chi connectivity index (χ1) is 9.28. The van der Waals surface area contributed by atoms with Crippen molar-refractivity contribution < 1.29 is 14.1 Å². The monoisotopic (exact) mass is 255 g/mol. The summed E-state index contributed by atoms with van der Waals surface area (Å²) in [5, 5.41) is 4.72. The summed E-state index contributed by atoms with van der Waals surface area (Å²) in [6.07, 6.45) is 1.73. The van der Waals surface area contributed by atoms with Crippen molar-refractivity contribution in [1.82, 2.24) is 15.1 Å². The Balaban J connectivity index is 2.04. The van der Waals surface area contributed by atoms with E-state index in [0.717, 1.165) is 16.5 Å². The van der Waals surface area contributed by atoms with Crippen LogP contribution in [0.2, 0.25) is 0 Å². The molecule has 0 spiro atoms. The molecule has 0 bridgehead atoms. The number of carbonyl (C=O) groups is 1. The van der Waals surface area contributed by atoms with E-state index in [1.807, 2.05) is 30.3 Å². The number of aromatic nitrogens is 3. The number of esters is 1. The van der Waals surface area contributed by atoms with E-state index in [-0.39, 0.29) is 5.89 Å². The van der Waals surface area contributed by atoms with Crippen molar-refractivity contribution in [3.63, 3.8) is 0 Å². The molecule has 6 heteroatoms. The van der Waals surface area contributed by atoms with Gasteiger partial charge < -0.3 is 9.26 Å². The fraction of sp³-hybridized carbons (Fsp3) is 0.0769. The van der Waals surface area contributed by atoms with Crippen LogP contribution >= 0.6 is 0 Å². The van der Waals surface area contributed by atoms with Gasteiger partial charge in [0.2, 0.25) is 5.82 Å². The smallest absolute Gasteiger partial charge is 0.397 e. The van der Waals surface area contributed by atoms with E-state index in [9.17, 15) is 4.79 Å². The number of nitrogens with zero attached hydrogens (tertiary/aromatic N) is 3. The first-order valence-electron chi connectivity index (χ1n) is 5.55. The van der Waals surface area contributed by atoms with E-state index in [0.29, 0.717) is 5.82 Å². The number of hydrogen-bond acceptors (Lipinski definition) is 6. The van der Waals surface area contributed by atoms with Crippen LogP contribution in [0.15, 0.2) is 41.1 Å². The van der Waals surface area contributed by atoms with Crippen molar-refractivity contribution in [2.75, 3.05) is 7.11 Å². The zero-order chi connectivity index (χ0) is 13.2. The van der Waals surface area contributed by atoms with Gasteiger partial charge in [0.25, 0.3) is 0 Å². The van der Waals surface area contributed by atoms with Gasteiger partial charge in [-0.25, -0.2) is 4.79 Å². The molecule has 3 aromatic rings. The summed E-state index contributed by atoms with van der Waals surface area (Å²) in [4.78, 5) is 19.5. The molecule has 6 nitrogen and oxygen atoms in total. The summed E-state index contributed by atoms with van der Waals surface area (Å²) >= 11 is 0. The molecule has 19 heavy (non-hydrogen) atoms. The first-order valence-corrected chi connectivity index (χ1v) is 5.55. The number of pyridine rings is 1. The number of methoxy groups -OCH3 is 1. The third-order valence-electron chi connectivity index (χ3n) is 2.65. The molecule has 0 saturated carbocycles. The highest BCUT2D eigenvalue weighted by molar-refractivity contribution is 5.85. The molecule has 0 atom stereocenters. The lowest BCUT2D eigenvalue weighted by Crippen LogP contribution is -2.00. The number of rotatable bonds is 2. The number of carbonyl (C=O) groups excluding carboxylic acids is 1. The highest BCUT2D eigenvalue weighted by Crippen LogP contribution is 2.21. The Morgan fingerprint density at radius 2 is 2.21 bits per heavy atom. The predicted octanol–water partition coefficient (Wildman–Crippen LogP) is 2.07. The topological polar surface area (TPSA) is 78.1 Å². The summed E-state index contributed by atoms with van der Waals surface area (Å²) in [5.41, 5.74) is 1.63. The van der Waals surface area contributed by atoms with Crippen LogP contribution in [0.3, 0.4) is 0 Å². The van der Waals surface area contributed by atoms with Crippen molar-refractivity contribution in [2.24, 2.45) is 0 Å². The molecule has 0 unspecified atom stereocenters. The van der Waals surface area contributed by atoms with Gasteiger partial charge in [-0.05, 0) is 24.3 Å². The highest BCUT2D eigenvalue weighted by atomic mass is 16.6. The standard InChI is InChI=1S/C13H9N3O3/c1-18-13(17)12-15-11(16-19-12)9-4-5-10-8(7-9)3-2-6-14-10/h2-7H,1H3. The second-order valence-electron chi connectivity index (χ2n) is 3.83. The predicted molar refractivity (Wildman–Crippen MR) is 66.4 cm³/mol. The Morgan fingerprint density at radius 3 is 3.05 bits per heavy atom. The van der Waals surface area contributed by atoms with Gasteiger partial charge in [-0.3, -0.25) is 4.98 Å². The summed E-state index contributed by atoms with van der Waals surface area (Å²) < 4.78 is 9.34. The summed E-state index contributed by atoms with van der Waals surface area (Å²) in [7, 11) is 1.26. The maximum Gasteiger partial charge on any atom is 0.397 e. The maximum absolute atomic E-state index is 11.2. The van der Waals surface area contributed by atoms with E-state index in [1.165, 1.54) is 7.11 Å². The van der Waals surface area contributed by atoms with E-state index in [1.54, 1.807) is 6.20 Å². The van der Waals surface area contributed by atoms with Crippen molar-refractivity contribution in [1.29, 1.82) is 0 Å². The molecule has 0 fully saturated rings. The van der Waals surface area contributed by atoms with Gasteiger partial charge in [-0.15, -0.1) is 0 Å². The van der Waals surface area contributed by atoms with E-state index in [2.05, 4.69) is 19.9 Å². The first kappa shape index (κ1) is 11.3. The second-order valence-corrected chi connectivity index (χ2v) is 3.83. The van der Waals surface area contributed by atoms with Crippen molar-refractivity contribution in [3.05, 3.63) is 42.4 Å². The van der Waals surface area contributed by atoms with Crippen LogP contribution in [0.4, 0.5) is 0 Å². The Bertz CT molecular complexity index is 751. The zero-order valence-corrected chi connectivity index (χ0v) is 10.0. The fourth-order valence-corrected chi connectivity index (χ4v) is 1.73. The van der Waals surface area contributed by atoms with Gasteiger partial charge in [0, 0.05) is 17.1 Å². The molecular weight excluding hydrogens is 246 g/mol. The molecule has 0 aliphatic rings. The van der Waals surface area contributed by atoms with Crippen LogP contribution in [0.25, 0.3) is 22.3 Å². The molecule has 1 aromatic carbocycles. The van der Waals surface area contributed by atoms with Gasteiger partial charge in [-0.1, -0.05) is 11.2 Å². The SMILES string of the molecule is COC(=O)c1nc(-c2ccc3ncccc3c2)no1. The molecular formula is C13H9N3O3. The molecule has 0 N–H and O–H groups in total. The lowest BCUT2D eigenvalue weighted by molar-refractivity contribution is 0.0545. The second kappa shape index (κ2) is 4.49. The van der Waals surface area contributed by atoms with E-state index >= 15 is 0 Å². The van der Waals surface area contributed by atoms with Gasteiger partial charge in [0.05, 0.1) is 12.6 Å². The van der Waals surface area contributed by atoms with Gasteiger partial charge >= 0.3 is 11.9 Å². The normalized spacial score (nSPS) is 10.6. The molecule has 0 amide bonds. The Morgan fingerprint density at radius 1 is 1.32 bits per heavy atom. The van der Waals surface area contributed by atoms with E-state index < -0.39 is 5.97 Å². The number of ether oxygens (including phenoxy) is 1. The minimum atomic E-state index is -0.652. The van der Waals surface area contributed by atoms with Gasteiger partial charge in [-0.2, -0.15) is 4.98 Å². The third-order valence-corrected chi connectivity index (χ3v) is 2.65. The number of hydrogen-bond donors (Lipinski definition) is 0. The van der Waals surface area contributed by atoms with Crippen LogP contribution < -0.4 is 0 Å². The molecule has 3 rings (SSSR count). The van der Waals surface area contributed by atoms with Crippen LogP contribution in [0, 0.1) is 0 Å². The van der Waals surface area contributed by atoms with Gasteiger partial charge in [0.1, 0.15) is 0 Å². The lowest BCUT2D eigenvalue weighted by atomic mass is 10.1. The van der Waals surface area contributed by atoms with Crippen LogP contribution in [0.1, 0.15) is 10.7 Å². The number of fused-ring (bicyclic) bond motifs is 1. The molecule has 2 heterocycles. The summed E-state index contributed by atoms with van der Waals surface area (Å²) in [6, 6.07) is 9.35. The fourth-order valence-electron chi connectivity index (χ4n) is 1.73. The Labute approximate surface area is 108 Å². The summed E-state index contributed by atoms with van der Waals surface area (Å²) in [6.45, 7) is 0. The van der Waals surface area contributed by atoms with Crippen molar-refractivity contribution >= 4 is 16.9 Å². The minimum Gasteiger partial charge on any atom is -0.462 e. The van der Waals surface area contributed by atoms with Crippen LogP contribution in [-0.4, -0.2) is 28.2 Å². The van der Waals surface area contributed by atoms with Crippen LogP contribution in [0.5, 0.6) is 0 Å². The van der Waals surface area contributed by atoms with Crippen LogP contribution in [-0.2, 0) is 4.74 Å². The van der Waals surface area contributed by atoms with E-state index in [4.69, 9.17) is 4.52 Å². The highest BCUT2D eigenvalue weighted by Gasteiger charge is 2.16. The quantitative estimate of drug-likeness (QED) is 0.652. The maximum atomic E-state index is 11.2. The lowest BCUT2D eigenvalue weighted by Gasteiger charge is -1.98. The molecule has 94 valence electrons. The average molecular weight is 255 g/mol. The summed E-state index contributed by atoms with van der Waals surface area (Å²) in [5.74, 6) is -0.476. The minimum absolute atomic E-state index is 0.163. The molecule has 0 saturated heterocycles. The molecule has 0 aliphatic heterocycles. The zero-order valence-electron chi connectivity index (χ0n) is 10.0.